The van der Waals surface area contributed by atoms with Crippen LogP contribution in [0.5, 0.6) is 5.88 Å². The summed E-state index contributed by atoms with van der Waals surface area (Å²) >= 11 is 5.91. The molecule has 3 rings (SSSR count). The van der Waals surface area contributed by atoms with Gasteiger partial charge in [0, 0.05) is 6.07 Å². The Morgan fingerprint density at radius 3 is 2.70 bits per heavy atom. The third-order valence-corrected chi connectivity index (χ3v) is 3.21. The van der Waals surface area contributed by atoms with Crippen molar-refractivity contribution in [1.29, 1.82) is 0 Å². The van der Waals surface area contributed by atoms with Gasteiger partial charge in [0.15, 0.2) is 5.65 Å². The second-order valence-corrected chi connectivity index (χ2v) is 4.41. The Morgan fingerprint density at radius 2 is 2.00 bits per heavy atom. The van der Waals surface area contributed by atoms with Crippen molar-refractivity contribution in [3.8, 4) is 11.6 Å². The number of alkyl halides is 1. The van der Waals surface area contributed by atoms with Gasteiger partial charge in [-0.3, -0.25) is 4.57 Å². The number of aromatic nitrogens is 3. The van der Waals surface area contributed by atoms with Crippen LogP contribution in [0.1, 0.15) is 5.82 Å². The zero-order valence-corrected chi connectivity index (χ0v) is 11.4. The SMILES string of the molecule is COc1ccc2nc(CCl)n(-c3ccccc3F)c2n1. The zero-order valence-electron chi connectivity index (χ0n) is 10.7. The second kappa shape index (κ2) is 5.09. The Bertz CT molecular complexity index is 772. The molecule has 20 heavy (non-hydrogen) atoms. The maximum Gasteiger partial charge on any atom is 0.215 e. The lowest BCUT2D eigenvalue weighted by Crippen LogP contribution is -2.03. The standard InChI is InChI=1S/C14H11ClFN3O/c1-20-13-7-6-10-14(18-13)19(12(8-15)17-10)11-5-3-2-4-9(11)16/h2-7H,8H2,1H3. The van der Waals surface area contributed by atoms with E-state index in [9.17, 15) is 4.39 Å². The molecule has 6 heteroatoms. The highest BCUT2D eigenvalue weighted by Crippen LogP contribution is 2.24. The maximum absolute atomic E-state index is 14.0. The fraction of sp³-hybridized carbons (Fsp3) is 0.143. The fourth-order valence-corrected chi connectivity index (χ4v) is 2.26. The first kappa shape index (κ1) is 12.9. The average molecular weight is 292 g/mol. The molecule has 0 aliphatic rings. The lowest BCUT2D eigenvalue weighted by molar-refractivity contribution is 0.399. The van der Waals surface area contributed by atoms with E-state index in [0.717, 1.165) is 0 Å². The molecule has 0 aliphatic carbocycles. The molecule has 0 aliphatic heterocycles. The van der Waals surface area contributed by atoms with E-state index in [-0.39, 0.29) is 11.7 Å². The number of halogens is 2. The summed E-state index contributed by atoms with van der Waals surface area (Å²) in [6.45, 7) is 0. The molecule has 0 atom stereocenters. The first-order valence-electron chi connectivity index (χ1n) is 5.98. The van der Waals surface area contributed by atoms with Crippen molar-refractivity contribution in [2.45, 2.75) is 5.88 Å². The number of imidazole rings is 1. The monoisotopic (exact) mass is 291 g/mol. The molecule has 3 aromatic rings. The van der Waals surface area contributed by atoms with Gasteiger partial charge >= 0.3 is 0 Å². The number of nitrogens with zero attached hydrogens (tertiary/aromatic N) is 3. The van der Waals surface area contributed by atoms with Gasteiger partial charge < -0.3 is 4.74 Å². The summed E-state index contributed by atoms with van der Waals surface area (Å²) in [4.78, 5) is 8.70. The quantitative estimate of drug-likeness (QED) is 0.695. The van der Waals surface area contributed by atoms with Crippen LogP contribution in [-0.4, -0.2) is 21.6 Å². The number of hydrogen-bond acceptors (Lipinski definition) is 3. The summed E-state index contributed by atoms with van der Waals surface area (Å²) in [6.07, 6.45) is 0. The smallest absolute Gasteiger partial charge is 0.215 e. The number of para-hydroxylation sites is 1. The average Bonchev–Trinajstić information content (AvgIpc) is 2.85. The van der Waals surface area contributed by atoms with Gasteiger partial charge in [-0.15, -0.1) is 11.6 Å². The molecule has 1 aromatic carbocycles. The molecule has 0 unspecified atom stereocenters. The third kappa shape index (κ3) is 2.00. The van der Waals surface area contributed by atoms with Crippen molar-refractivity contribution < 1.29 is 9.13 Å². The molecule has 0 radical (unpaired) electrons. The molecule has 0 spiro atoms. The van der Waals surface area contributed by atoms with Gasteiger partial charge in [0.25, 0.3) is 0 Å². The number of pyridine rings is 1. The van der Waals surface area contributed by atoms with Gasteiger partial charge in [-0.1, -0.05) is 12.1 Å². The van der Waals surface area contributed by atoms with E-state index in [1.54, 1.807) is 34.9 Å². The van der Waals surface area contributed by atoms with Crippen molar-refractivity contribution in [2.75, 3.05) is 7.11 Å². The summed E-state index contributed by atoms with van der Waals surface area (Å²) in [5.74, 6) is 0.777. The van der Waals surface area contributed by atoms with Crippen LogP contribution in [0, 0.1) is 5.82 Å². The van der Waals surface area contributed by atoms with E-state index in [2.05, 4.69) is 9.97 Å². The number of fused-ring (bicyclic) bond motifs is 1. The fourth-order valence-electron chi connectivity index (χ4n) is 2.08. The van der Waals surface area contributed by atoms with Crippen LogP contribution in [0.2, 0.25) is 0 Å². The minimum Gasteiger partial charge on any atom is -0.481 e. The molecule has 2 heterocycles. The Balaban J connectivity index is 2.35. The molecule has 0 saturated carbocycles. The van der Waals surface area contributed by atoms with E-state index in [1.807, 2.05) is 0 Å². The van der Waals surface area contributed by atoms with Crippen LogP contribution < -0.4 is 4.74 Å². The van der Waals surface area contributed by atoms with Crippen molar-refractivity contribution in [3.05, 3.63) is 48.0 Å². The molecule has 0 amide bonds. The van der Waals surface area contributed by atoms with Gasteiger partial charge in [0.2, 0.25) is 5.88 Å². The summed E-state index contributed by atoms with van der Waals surface area (Å²) in [5, 5.41) is 0. The van der Waals surface area contributed by atoms with Gasteiger partial charge in [0.05, 0.1) is 18.7 Å². The predicted molar refractivity (Wildman–Crippen MR) is 74.9 cm³/mol. The van der Waals surface area contributed by atoms with Crippen LogP contribution >= 0.6 is 11.6 Å². The topological polar surface area (TPSA) is 39.9 Å². The van der Waals surface area contributed by atoms with Crippen molar-refractivity contribution in [3.63, 3.8) is 0 Å². The highest BCUT2D eigenvalue weighted by atomic mass is 35.5. The number of benzene rings is 1. The molecular formula is C14H11ClFN3O. The minimum atomic E-state index is -0.359. The third-order valence-electron chi connectivity index (χ3n) is 2.97. The van der Waals surface area contributed by atoms with E-state index >= 15 is 0 Å². The highest BCUT2D eigenvalue weighted by molar-refractivity contribution is 6.16. The van der Waals surface area contributed by atoms with E-state index < -0.39 is 0 Å². The summed E-state index contributed by atoms with van der Waals surface area (Å²) in [7, 11) is 1.53. The first-order chi connectivity index (χ1) is 9.74. The number of rotatable bonds is 3. The number of ether oxygens (including phenoxy) is 1. The Morgan fingerprint density at radius 1 is 1.20 bits per heavy atom. The lowest BCUT2D eigenvalue weighted by Gasteiger charge is -2.08. The Hall–Kier alpha value is -2.14. The molecular weight excluding hydrogens is 281 g/mol. The van der Waals surface area contributed by atoms with Crippen molar-refractivity contribution in [1.82, 2.24) is 14.5 Å². The second-order valence-electron chi connectivity index (χ2n) is 4.14. The van der Waals surface area contributed by atoms with Crippen molar-refractivity contribution >= 4 is 22.8 Å². The van der Waals surface area contributed by atoms with Crippen molar-refractivity contribution in [2.24, 2.45) is 0 Å². The zero-order chi connectivity index (χ0) is 14.1. The molecule has 0 bridgehead atoms. The van der Waals surface area contributed by atoms with Crippen LogP contribution in [0.4, 0.5) is 4.39 Å². The van der Waals surface area contributed by atoms with Gasteiger partial charge in [-0.2, -0.15) is 4.98 Å². The maximum atomic E-state index is 14.0. The minimum absolute atomic E-state index is 0.160. The number of methoxy groups -OCH3 is 1. The normalized spacial score (nSPS) is 10.9. The summed E-state index contributed by atoms with van der Waals surface area (Å²) in [5.41, 5.74) is 1.53. The van der Waals surface area contributed by atoms with Gasteiger partial charge in [0.1, 0.15) is 17.2 Å². The Labute approximate surface area is 119 Å². The first-order valence-corrected chi connectivity index (χ1v) is 6.51. The van der Waals surface area contributed by atoms with E-state index in [1.165, 1.54) is 13.2 Å². The van der Waals surface area contributed by atoms with Crippen LogP contribution in [0.15, 0.2) is 36.4 Å². The predicted octanol–water partition coefficient (Wildman–Crippen LogP) is 3.31. The van der Waals surface area contributed by atoms with Gasteiger partial charge in [-0.05, 0) is 18.2 Å². The van der Waals surface area contributed by atoms with E-state index in [4.69, 9.17) is 16.3 Å². The molecule has 0 saturated heterocycles. The number of hydrogen-bond donors (Lipinski definition) is 0. The van der Waals surface area contributed by atoms with Crippen LogP contribution in [-0.2, 0) is 5.88 Å². The molecule has 0 fully saturated rings. The largest absolute Gasteiger partial charge is 0.481 e. The summed E-state index contributed by atoms with van der Waals surface area (Å²) in [6, 6.07) is 9.91. The van der Waals surface area contributed by atoms with E-state index in [0.29, 0.717) is 28.6 Å². The van der Waals surface area contributed by atoms with Crippen LogP contribution in [0.3, 0.4) is 0 Å². The van der Waals surface area contributed by atoms with Crippen LogP contribution in [0.25, 0.3) is 16.9 Å². The molecule has 2 aromatic heterocycles. The molecule has 4 nitrogen and oxygen atoms in total. The molecule has 102 valence electrons. The summed E-state index contributed by atoms with van der Waals surface area (Å²) < 4.78 is 20.7. The van der Waals surface area contributed by atoms with Gasteiger partial charge in [-0.25, -0.2) is 9.37 Å². The highest BCUT2D eigenvalue weighted by Gasteiger charge is 2.16. The molecule has 0 N–H and O–H groups in total. The Kier molecular flexibility index (Phi) is 3.28. The lowest BCUT2D eigenvalue weighted by atomic mass is 10.3.